The molecule has 0 aromatic carbocycles. The van der Waals surface area contributed by atoms with E-state index in [1.165, 1.54) is 6.42 Å². The Balaban J connectivity index is 1.69. The number of aliphatic carboxylic acids is 1. The van der Waals surface area contributed by atoms with Crippen molar-refractivity contribution in [2.24, 2.45) is 23.7 Å². The minimum atomic E-state index is -0.799. The Morgan fingerprint density at radius 3 is 2.67 bits per heavy atom. The van der Waals surface area contributed by atoms with E-state index >= 15 is 0 Å². The number of carboxylic acid groups (broad SMARTS) is 1. The largest absolute Gasteiger partial charge is 0.481 e. The van der Waals surface area contributed by atoms with Gasteiger partial charge in [0.05, 0.1) is 5.92 Å². The van der Waals surface area contributed by atoms with E-state index in [0.717, 1.165) is 12.5 Å². The zero-order valence-corrected chi connectivity index (χ0v) is 11.1. The van der Waals surface area contributed by atoms with Gasteiger partial charge in [-0.2, -0.15) is 0 Å². The van der Waals surface area contributed by atoms with Crippen molar-refractivity contribution < 1.29 is 14.7 Å². The Kier molecular flexibility index (Phi) is 3.78. The second-order valence-electron chi connectivity index (χ2n) is 5.86. The fourth-order valence-corrected chi connectivity index (χ4v) is 2.80. The highest BCUT2D eigenvalue weighted by Crippen LogP contribution is 2.43. The molecule has 0 radical (unpaired) electrons. The number of urea groups is 1. The molecule has 1 saturated carbocycles. The maximum absolute atomic E-state index is 11.8. The Labute approximate surface area is 108 Å². The fraction of sp³-hybridized carbons (Fsp3) is 0.846. The first-order valence-corrected chi connectivity index (χ1v) is 6.74. The highest BCUT2D eigenvalue weighted by Gasteiger charge is 2.39. The monoisotopic (exact) mass is 254 g/mol. The highest BCUT2D eigenvalue weighted by atomic mass is 16.4. The number of likely N-dealkylation sites (tertiary alicyclic amines) is 1. The van der Waals surface area contributed by atoms with Crippen molar-refractivity contribution in [1.29, 1.82) is 0 Å². The van der Waals surface area contributed by atoms with E-state index in [9.17, 15) is 9.59 Å². The van der Waals surface area contributed by atoms with E-state index in [2.05, 4.69) is 19.2 Å². The number of rotatable bonds is 4. The molecule has 1 heterocycles. The lowest BCUT2D eigenvalue weighted by atomic mass is 10.1. The van der Waals surface area contributed by atoms with Gasteiger partial charge >= 0.3 is 12.0 Å². The number of amides is 2. The summed E-state index contributed by atoms with van der Waals surface area (Å²) in [5, 5.41) is 11.8. The van der Waals surface area contributed by atoms with Crippen LogP contribution in [-0.4, -0.2) is 41.6 Å². The Morgan fingerprint density at radius 2 is 2.17 bits per heavy atom. The van der Waals surface area contributed by atoms with Crippen LogP contribution in [-0.2, 0) is 4.79 Å². The predicted octanol–water partition coefficient (Wildman–Crippen LogP) is 1.39. The van der Waals surface area contributed by atoms with Gasteiger partial charge in [-0.1, -0.05) is 13.8 Å². The molecule has 3 atom stereocenters. The topological polar surface area (TPSA) is 69.6 Å². The molecule has 2 N–H and O–H groups in total. The van der Waals surface area contributed by atoms with Gasteiger partial charge < -0.3 is 15.3 Å². The van der Waals surface area contributed by atoms with Crippen LogP contribution in [0.15, 0.2) is 0 Å². The van der Waals surface area contributed by atoms with E-state index < -0.39 is 5.97 Å². The van der Waals surface area contributed by atoms with Gasteiger partial charge in [0.2, 0.25) is 0 Å². The molecule has 1 aliphatic heterocycles. The maximum Gasteiger partial charge on any atom is 0.317 e. The van der Waals surface area contributed by atoms with Crippen LogP contribution in [0.25, 0.3) is 0 Å². The molecule has 1 aliphatic carbocycles. The molecule has 2 aliphatic rings. The number of hydrogen-bond acceptors (Lipinski definition) is 2. The SMILES string of the molecule is CC(C)[C@@H]1C[C@H]1CNC(=O)N1CCC(C(=O)O)C1. The third kappa shape index (κ3) is 2.94. The molecule has 5 nitrogen and oxygen atoms in total. The Hall–Kier alpha value is -1.26. The third-order valence-corrected chi connectivity index (χ3v) is 4.17. The average Bonchev–Trinajstić information content (AvgIpc) is 2.91. The van der Waals surface area contributed by atoms with E-state index in [1.807, 2.05) is 0 Å². The summed E-state index contributed by atoms with van der Waals surface area (Å²) in [5.74, 6) is 0.866. The Bertz CT molecular complexity index is 343. The van der Waals surface area contributed by atoms with Crippen molar-refractivity contribution in [3.05, 3.63) is 0 Å². The summed E-state index contributed by atoms with van der Waals surface area (Å²) in [7, 11) is 0. The summed E-state index contributed by atoms with van der Waals surface area (Å²) in [6.07, 6.45) is 1.77. The van der Waals surface area contributed by atoms with Crippen molar-refractivity contribution in [2.75, 3.05) is 19.6 Å². The smallest absolute Gasteiger partial charge is 0.317 e. The van der Waals surface area contributed by atoms with Gasteiger partial charge in [0.25, 0.3) is 0 Å². The molecule has 1 unspecified atom stereocenters. The van der Waals surface area contributed by atoms with E-state index in [-0.39, 0.29) is 11.9 Å². The van der Waals surface area contributed by atoms with Gasteiger partial charge in [-0.3, -0.25) is 4.79 Å². The molecular weight excluding hydrogens is 232 g/mol. The van der Waals surface area contributed by atoms with Gasteiger partial charge in [-0.05, 0) is 30.6 Å². The lowest BCUT2D eigenvalue weighted by Gasteiger charge is -2.16. The summed E-state index contributed by atoms with van der Waals surface area (Å²) >= 11 is 0. The van der Waals surface area contributed by atoms with Gasteiger partial charge in [0, 0.05) is 19.6 Å². The van der Waals surface area contributed by atoms with Crippen LogP contribution in [0.4, 0.5) is 4.79 Å². The first-order chi connectivity index (χ1) is 8.49. The van der Waals surface area contributed by atoms with Crippen LogP contribution in [0.5, 0.6) is 0 Å². The minimum absolute atomic E-state index is 0.104. The van der Waals surface area contributed by atoms with Crippen molar-refractivity contribution in [1.82, 2.24) is 10.2 Å². The van der Waals surface area contributed by atoms with Crippen molar-refractivity contribution in [2.45, 2.75) is 26.7 Å². The molecule has 2 rings (SSSR count). The fourth-order valence-electron chi connectivity index (χ4n) is 2.80. The second kappa shape index (κ2) is 5.16. The Morgan fingerprint density at radius 1 is 1.44 bits per heavy atom. The molecule has 18 heavy (non-hydrogen) atoms. The first kappa shape index (κ1) is 13.2. The lowest BCUT2D eigenvalue weighted by molar-refractivity contribution is -0.141. The standard InChI is InChI=1S/C13H22N2O3/c1-8(2)11-5-10(11)6-14-13(18)15-4-3-9(7-15)12(16)17/h8-11H,3-7H2,1-2H3,(H,14,18)(H,16,17)/t9?,10-,11-/m0/s1. The number of nitrogens with one attached hydrogen (secondary N) is 1. The summed E-state index contributed by atoms with van der Waals surface area (Å²) in [4.78, 5) is 24.3. The normalized spacial score (nSPS) is 30.6. The number of carbonyl (C=O) groups is 2. The lowest BCUT2D eigenvalue weighted by Crippen LogP contribution is -2.40. The molecular formula is C13H22N2O3. The van der Waals surface area contributed by atoms with Crippen molar-refractivity contribution >= 4 is 12.0 Å². The van der Waals surface area contributed by atoms with Gasteiger partial charge in [0.1, 0.15) is 0 Å². The van der Waals surface area contributed by atoms with Gasteiger partial charge in [-0.15, -0.1) is 0 Å². The van der Waals surface area contributed by atoms with Crippen molar-refractivity contribution in [3.63, 3.8) is 0 Å². The summed E-state index contributed by atoms with van der Waals surface area (Å²) in [6, 6.07) is -0.104. The zero-order chi connectivity index (χ0) is 13.3. The number of carboxylic acids is 1. The first-order valence-electron chi connectivity index (χ1n) is 6.74. The van der Waals surface area contributed by atoms with Crippen molar-refractivity contribution in [3.8, 4) is 0 Å². The summed E-state index contributed by atoms with van der Waals surface area (Å²) in [6.45, 7) is 6.06. The van der Waals surface area contributed by atoms with Crippen LogP contribution < -0.4 is 5.32 Å². The number of nitrogens with zero attached hydrogens (tertiary/aromatic N) is 1. The molecule has 0 spiro atoms. The molecule has 1 saturated heterocycles. The zero-order valence-electron chi connectivity index (χ0n) is 11.1. The van der Waals surface area contributed by atoms with Gasteiger partial charge in [-0.25, -0.2) is 4.79 Å². The van der Waals surface area contributed by atoms with E-state index in [1.54, 1.807) is 4.90 Å². The van der Waals surface area contributed by atoms with E-state index in [0.29, 0.717) is 31.3 Å². The molecule has 0 aromatic rings. The quantitative estimate of drug-likeness (QED) is 0.796. The van der Waals surface area contributed by atoms with Crippen LogP contribution >= 0.6 is 0 Å². The summed E-state index contributed by atoms with van der Waals surface area (Å²) in [5.41, 5.74) is 0. The second-order valence-corrected chi connectivity index (χ2v) is 5.86. The molecule has 102 valence electrons. The van der Waals surface area contributed by atoms with E-state index in [4.69, 9.17) is 5.11 Å². The number of carbonyl (C=O) groups excluding carboxylic acids is 1. The van der Waals surface area contributed by atoms with Crippen LogP contribution in [0.1, 0.15) is 26.7 Å². The summed E-state index contributed by atoms with van der Waals surface area (Å²) < 4.78 is 0. The average molecular weight is 254 g/mol. The molecule has 0 aromatic heterocycles. The van der Waals surface area contributed by atoms with Crippen LogP contribution in [0.2, 0.25) is 0 Å². The molecule has 2 fully saturated rings. The van der Waals surface area contributed by atoms with Crippen LogP contribution in [0.3, 0.4) is 0 Å². The maximum atomic E-state index is 11.8. The molecule has 2 amide bonds. The third-order valence-electron chi connectivity index (χ3n) is 4.17. The minimum Gasteiger partial charge on any atom is -0.481 e. The highest BCUT2D eigenvalue weighted by molar-refractivity contribution is 5.77. The molecule has 5 heteroatoms. The predicted molar refractivity (Wildman–Crippen MR) is 67.1 cm³/mol. The number of hydrogen-bond donors (Lipinski definition) is 2. The molecule has 0 bridgehead atoms. The van der Waals surface area contributed by atoms with Gasteiger partial charge in [0.15, 0.2) is 0 Å². The van der Waals surface area contributed by atoms with Crippen LogP contribution in [0, 0.1) is 23.7 Å².